The molecule has 5 nitrogen and oxygen atoms in total. The monoisotopic (exact) mass is 299 g/mol. The molecule has 2 heterocycles. The number of pyridine rings is 1. The molecule has 22 heavy (non-hydrogen) atoms. The highest BCUT2D eigenvalue weighted by atomic mass is 16.6. The van der Waals surface area contributed by atoms with Crippen molar-refractivity contribution in [3.63, 3.8) is 0 Å². The molecule has 0 aliphatic carbocycles. The number of amides is 1. The minimum atomic E-state index is -0.448. The summed E-state index contributed by atoms with van der Waals surface area (Å²) in [7, 11) is 0. The molecule has 1 fully saturated rings. The van der Waals surface area contributed by atoms with Gasteiger partial charge in [0.05, 0.1) is 6.04 Å². The van der Waals surface area contributed by atoms with Gasteiger partial charge >= 0.3 is 6.09 Å². The quantitative estimate of drug-likeness (QED) is 0.924. The Kier molecular flexibility index (Phi) is 3.64. The molecular formula is C17H21N3O2. The van der Waals surface area contributed by atoms with Gasteiger partial charge in [-0.2, -0.15) is 0 Å². The fraction of sp³-hybridized carbons (Fsp3) is 0.412. The van der Waals surface area contributed by atoms with Gasteiger partial charge in [0.2, 0.25) is 0 Å². The average Bonchev–Trinajstić information content (AvgIpc) is 2.40. The Bertz CT molecular complexity index is 682. The van der Waals surface area contributed by atoms with Crippen LogP contribution in [0.25, 0.3) is 10.8 Å². The van der Waals surface area contributed by atoms with E-state index in [1.54, 1.807) is 11.1 Å². The van der Waals surface area contributed by atoms with Crippen molar-refractivity contribution in [2.45, 2.75) is 32.4 Å². The molecule has 0 radical (unpaired) electrons. The van der Waals surface area contributed by atoms with Crippen LogP contribution >= 0.6 is 0 Å². The number of fused-ring (bicyclic) bond motifs is 1. The number of carbonyl (C=O) groups is 1. The number of hydrogen-bond acceptors (Lipinski definition) is 4. The summed E-state index contributed by atoms with van der Waals surface area (Å²) < 4.78 is 5.36. The molecule has 0 atom stereocenters. The molecule has 116 valence electrons. The van der Waals surface area contributed by atoms with Crippen LogP contribution < -0.4 is 5.32 Å². The third-order valence-corrected chi connectivity index (χ3v) is 3.58. The predicted octanol–water partition coefficient (Wildman–Crippen LogP) is 3.27. The number of carbonyl (C=O) groups excluding carboxylic acids is 1. The SMILES string of the molecule is CC(C)(C)OC(=O)N1CC(Nc2cccc3ccncc23)C1. The Hall–Kier alpha value is -2.30. The Morgan fingerprint density at radius 2 is 2.09 bits per heavy atom. The molecule has 0 unspecified atom stereocenters. The van der Waals surface area contributed by atoms with Gasteiger partial charge in [-0.25, -0.2) is 4.79 Å². The minimum absolute atomic E-state index is 0.245. The normalized spacial score (nSPS) is 15.5. The van der Waals surface area contributed by atoms with Crippen molar-refractivity contribution in [1.82, 2.24) is 9.88 Å². The van der Waals surface area contributed by atoms with E-state index in [2.05, 4.69) is 16.4 Å². The van der Waals surface area contributed by atoms with Crippen LogP contribution in [0.4, 0.5) is 10.5 Å². The highest BCUT2D eigenvalue weighted by Crippen LogP contribution is 2.25. The third kappa shape index (κ3) is 3.13. The third-order valence-electron chi connectivity index (χ3n) is 3.58. The van der Waals surface area contributed by atoms with Crippen molar-refractivity contribution in [3.05, 3.63) is 36.7 Å². The minimum Gasteiger partial charge on any atom is -0.444 e. The van der Waals surface area contributed by atoms with Crippen LogP contribution in [-0.4, -0.2) is 40.7 Å². The summed E-state index contributed by atoms with van der Waals surface area (Å²) >= 11 is 0. The Balaban J connectivity index is 1.61. The summed E-state index contributed by atoms with van der Waals surface area (Å²) in [6.45, 7) is 6.95. The Morgan fingerprint density at radius 3 is 2.82 bits per heavy atom. The molecule has 1 aromatic heterocycles. The number of anilines is 1. The van der Waals surface area contributed by atoms with E-state index in [-0.39, 0.29) is 12.1 Å². The molecule has 1 saturated heterocycles. The number of aromatic nitrogens is 1. The van der Waals surface area contributed by atoms with Crippen LogP contribution in [0.15, 0.2) is 36.7 Å². The smallest absolute Gasteiger partial charge is 0.410 e. The fourth-order valence-corrected chi connectivity index (χ4v) is 2.50. The molecule has 0 spiro atoms. The summed E-state index contributed by atoms with van der Waals surface area (Å²) in [5, 5.41) is 5.73. The van der Waals surface area contributed by atoms with E-state index in [4.69, 9.17) is 4.74 Å². The predicted molar refractivity (Wildman–Crippen MR) is 87.0 cm³/mol. The summed E-state index contributed by atoms with van der Waals surface area (Å²) in [4.78, 5) is 17.8. The molecular weight excluding hydrogens is 278 g/mol. The van der Waals surface area contributed by atoms with Gasteiger partial charge in [0.15, 0.2) is 0 Å². The molecule has 5 heteroatoms. The van der Waals surface area contributed by atoms with Crippen LogP contribution in [-0.2, 0) is 4.74 Å². The Labute approximate surface area is 130 Å². The molecule has 1 N–H and O–H groups in total. The molecule has 1 aliphatic rings. The summed E-state index contributed by atoms with van der Waals surface area (Å²) in [5.41, 5.74) is 0.608. The van der Waals surface area contributed by atoms with Gasteiger partial charge in [-0.05, 0) is 38.3 Å². The van der Waals surface area contributed by atoms with Gasteiger partial charge in [0.25, 0.3) is 0 Å². The molecule has 1 aromatic carbocycles. The largest absolute Gasteiger partial charge is 0.444 e. The van der Waals surface area contributed by atoms with E-state index in [0.29, 0.717) is 13.1 Å². The van der Waals surface area contributed by atoms with Crippen LogP contribution in [0.5, 0.6) is 0 Å². The topological polar surface area (TPSA) is 54.5 Å². The number of nitrogens with one attached hydrogen (secondary N) is 1. The van der Waals surface area contributed by atoms with Gasteiger partial charge in [-0.3, -0.25) is 4.98 Å². The van der Waals surface area contributed by atoms with E-state index in [0.717, 1.165) is 16.5 Å². The number of likely N-dealkylation sites (tertiary alicyclic amines) is 1. The maximum atomic E-state index is 11.9. The first kappa shape index (κ1) is 14.6. The van der Waals surface area contributed by atoms with Crippen LogP contribution in [0, 0.1) is 0 Å². The lowest BCUT2D eigenvalue weighted by molar-refractivity contribution is 0.0105. The fourth-order valence-electron chi connectivity index (χ4n) is 2.50. The zero-order valence-corrected chi connectivity index (χ0v) is 13.2. The molecule has 0 saturated carbocycles. The van der Waals surface area contributed by atoms with Crippen molar-refractivity contribution in [2.75, 3.05) is 18.4 Å². The maximum Gasteiger partial charge on any atom is 0.410 e. The van der Waals surface area contributed by atoms with Gasteiger partial charge in [-0.15, -0.1) is 0 Å². The number of benzene rings is 1. The molecule has 1 amide bonds. The molecule has 1 aliphatic heterocycles. The van der Waals surface area contributed by atoms with E-state index in [1.807, 2.05) is 45.2 Å². The second-order valence-electron chi connectivity index (χ2n) is 6.63. The van der Waals surface area contributed by atoms with E-state index >= 15 is 0 Å². The summed E-state index contributed by atoms with van der Waals surface area (Å²) in [5.74, 6) is 0. The zero-order chi connectivity index (χ0) is 15.7. The van der Waals surface area contributed by atoms with Crippen molar-refractivity contribution < 1.29 is 9.53 Å². The first-order valence-electron chi connectivity index (χ1n) is 7.49. The summed E-state index contributed by atoms with van der Waals surface area (Å²) in [6, 6.07) is 8.37. The van der Waals surface area contributed by atoms with Gasteiger partial charge in [-0.1, -0.05) is 12.1 Å². The van der Waals surface area contributed by atoms with Gasteiger partial charge in [0.1, 0.15) is 5.60 Å². The average molecular weight is 299 g/mol. The van der Waals surface area contributed by atoms with Gasteiger partial charge < -0.3 is 15.0 Å². The summed E-state index contributed by atoms with van der Waals surface area (Å²) in [6.07, 6.45) is 3.41. The lowest BCUT2D eigenvalue weighted by Crippen LogP contribution is -2.57. The lowest BCUT2D eigenvalue weighted by Gasteiger charge is -2.40. The molecule has 0 bridgehead atoms. The van der Waals surface area contributed by atoms with Crippen molar-refractivity contribution >= 4 is 22.6 Å². The first-order chi connectivity index (χ1) is 10.4. The maximum absolute atomic E-state index is 11.9. The Morgan fingerprint density at radius 1 is 1.32 bits per heavy atom. The number of ether oxygens (including phenoxy) is 1. The second kappa shape index (κ2) is 5.48. The molecule has 2 aromatic rings. The van der Waals surface area contributed by atoms with Crippen molar-refractivity contribution in [2.24, 2.45) is 0 Å². The number of rotatable bonds is 2. The number of nitrogens with zero attached hydrogens (tertiary/aromatic N) is 2. The second-order valence-corrected chi connectivity index (χ2v) is 6.63. The first-order valence-corrected chi connectivity index (χ1v) is 7.49. The van der Waals surface area contributed by atoms with E-state index in [1.165, 1.54) is 0 Å². The van der Waals surface area contributed by atoms with Crippen LogP contribution in [0.2, 0.25) is 0 Å². The lowest BCUT2D eigenvalue weighted by atomic mass is 10.1. The zero-order valence-electron chi connectivity index (χ0n) is 13.2. The highest BCUT2D eigenvalue weighted by molar-refractivity contribution is 5.93. The van der Waals surface area contributed by atoms with E-state index < -0.39 is 5.60 Å². The molecule has 3 rings (SSSR count). The van der Waals surface area contributed by atoms with Crippen molar-refractivity contribution in [3.8, 4) is 0 Å². The van der Waals surface area contributed by atoms with Crippen molar-refractivity contribution in [1.29, 1.82) is 0 Å². The standard InChI is InChI=1S/C17H21N3O2/c1-17(2,3)22-16(21)20-10-13(11-20)19-15-6-4-5-12-7-8-18-9-14(12)15/h4-9,13,19H,10-11H2,1-3H3. The highest BCUT2D eigenvalue weighted by Gasteiger charge is 2.33. The van der Waals surface area contributed by atoms with Crippen LogP contribution in [0.1, 0.15) is 20.8 Å². The van der Waals surface area contributed by atoms with Crippen LogP contribution in [0.3, 0.4) is 0 Å². The van der Waals surface area contributed by atoms with E-state index in [9.17, 15) is 4.79 Å². The number of hydrogen-bond donors (Lipinski definition) is 1. The van der Waals surface area contributed by atoms with Gasteiger partial charge in [0, 0.05) is 36.6 Å².